The van der Waals surface area contributed by atoms with Gasteiger partial charge >= 0.3 is 5.69 Å². The predicted molar refractivity (Wildman–Crippen MR) is 76.0 cm³/mol. The fraction of sp³-hybridized carbons (Fsp3) is 0.385. The van der Waals surface area contributed by atoms with Crippen LogP contribution in [-0.2, 0) is 0 Å². The van der Waals surface area contributed by atoms with Crippen LogP contribution < -0.4 is 20.3 Å². The number of anilines is 1. The Balaban J connectivity index is 1.66. The van der Waals surface area contributed by atoms with Gasteiger partial charge < -0.3 is 14.6 Å². The molecular weight excluding hydrogens is 258 g/mol. The van der Waals surface area contributed by atoms with Crippen molar-refractivity contribution in [2.75, 3.05) is 43.2 Å². The second-order valence-corrected chi connectivity index (χ2v) is 4.64. The molecule has 0 amide bonds. The standard InChI is InChI=1S/C13H17N5O2/c1-20-12-4-2-11(3-5-12)16-6-8-17(9-7-16)18-10-14-15-13(18)19/h2-5,10H,6-9H2,1H3,(H,15,19). The van der Waals surface area contributed by atoms with Crippen LogP contribution in [0.15, 0.2) is 35.4 Å². The molecule has 1 aromatic carbocycles. The number of hydrogen-bond acceptors (Lipinski definition) is 5. The van der Waals surface area contributed by atoms with Crippen molar-refractivity contribution in [2.24, 2.45) is 0 Å². The summed E-state index contributed by atoms with van der Waals surface area (Å²) in [4.78, 5) is 13.8. The Morgan fingerprint density at radius 1 is 1.15 bits per heavy atom. The molecule has 0 bridgehead atoms. The molecular formula is C13H17N5O2. The van der Waals surface area contributed by atoms with Gasteiger partial charge in [0.2, 0.25) is 0 Å². The molecule has 7 nitrogen and oxygen atoms in total. The lowest BCUT2D eigenvalue weighted by atomic mass is 10.2. The maximum Gasteiger partial charge on any atom is 0.362 e. The molecule has 0 atom stereocenters. The minimum absolute atomic E-state index is 0.192. The zero-order valence-electron chi connectivity index (χ0n) is 11.3. The van der Waals surface area contributed by atoms with Gasteiger partial charge in [0.15, 0.2) is 0 Å². The Morgan fingerprint density at radius 3 is 2.40 bits per heavy atom. The SMILES string of the molecule is COc1ccc(N2CCN(n3cn[nH]c3=O)CC2)cc1. The van der Waals surface area contributed by atoms with Crippen molar-refractivity contribution in [3.05, 3.63) is 41.1 Å². The number of aromatic nitrogens is 3. The van der Waals surface area contributed by atoms with Gasteiger partial charge in [-0.15, -0.1) is 0 Å². The zero-order chi connectivity index (χ0) is 13.9. The van der Waals surface area contributed by atoms with Crippen molar-refractivity contribution in [1.29, 1.82) is 0 Å². The van der Waals surface area contributed by atoms with E-state index in [2.05, 4.69) is 27.2 Å². The average molecular weight is 275 g/mol. The molecule has 0 radical (unpaired) electrons. The second-order valence-electron chi connectivity index (χ2n) is 4.64. The van der Waals surface area contributed by atoms with Crippen LogP contribution in [0, 0.1) is 0 Å². The first-order valence-corrected chi connectivity index (χ1v) is 6.54. The average Bonchev–Trinajstić information content (AvgIpc) is 2.94. The van der Waals surface area contributed by atoms with Crippen molar-refractivity contribution in [1.82, 2.24) is 14.9 Å². The molecule has 1 N–H and O–H groups in total. The molecule has 3 rings (SSSR count). The molecule has 20 heavy (non-hydrogen) atoms. The lowest BCUT2D eigenvalue weighted by molar-refractivity contribution is 0.414. The van der Waals surface area contributed by atoms with Crippen molar-refractivity contribution in [3.63, 3.8) is 0 Å². The third kappa shape index (κ3) is 2.34. The van der Waals surface area contributed by atoms with Gasteiger partial charge in [-0.05, 0) is 24.3 Å². The smallest absolute Gasteiger partial charge is 0.362 e. The summed E-state index contributed by atoms with van der Waals surface area (Å²) < 4.78 is 6.69. The molecule has 1 aromatic heterocycles. The fourth-order valence-electron chi connectivity index (χ4n) is 2.41. The monoisotopic (exact) mass is 275 g/mol. The number of nitrogens with zero attached hydrogens (tertiary/aromatic N) is 4. The Kier molecular flexibility index (Phi) is 3.32. The van der Waals surface area contributed by atoms with Crippen LogP contribution >= 0.6 is 0 Å². The highest BCUT2D eigenvalue weighted by molar-refractivity contribution is 5.49. The van der Waals surface area contributed by atoms with E-state index in [9.17, 15) is 4.79 Å². The van der Waals surface area contributed by atoms with Crippen LogP contribution in [-0.4, -0.2) is 48.2 Å². The van der Waals surface area contributed by atoms with Gasteiger partial charge in [0.25, 0.3) is 0 Å². The van der Waals surface area contributed by atoms with Gasteiger partial charge in [0.1, 0.15) is 12.1 Å². The fourth-order valence-corrected chi connectivity index (χ4v) is 2.41. The van der Waals surface area contributed by atoms with E-state index in [4.69, 9.17) is 4.74 Å². The summed E-state index contributed by atoms with van der Waals surface area (Å²) >= 11 is 0. The van der Waals surface area contributed by atoms with Crippen LogP contribution in [0.3, 0.4) is 0 Å². The minimum atomic E-state index is -0.192. The number of nitrogens with one attached hydrogen (secondary N) is 1. The molecule has 1 aliphatic heterocycles. The molecule has 1 fully saturated rings. The highest BCUT2D eigenvalue weighted by atomic mass is 16.5. The number of methoxy groups -OCH3 is 1. The highest BCUT2D eigenvalue weighted by Gasteiger charge is 2.18. The van der Waals surface area contributed by atoms with Crippen LogP contribution in [0.4, 0.5) is 5.69 Å². The number of aromatic amines is 1. The molecule has 0 unspecified atom stereocenters. The molecule has 1 aliphatic rings. The normalized spacial score (nSPS) is 15.4. The summed E-state index contributed by atoms with van der Waals surface area (Å²) in [5.41, 5.74) is 0.980. The molecule has 0 saturated carbocycles. The zero-order valence-corrected chi connectivity index (χ0v) is 11.3. The summed E-state index contributed by atoms with van der Waals surface area (Å²) in [6.45, 7) is 3.30. The number of rotatable bonds is 3. The van der Waals surface area contributed by atoms with E-state index < -0.39 is 0 Å². The molecule has 0 spiro atoms. The van der Waals surface area contributed by atoms with Crippen LogP contribution in [0.2, 0.25) is 0 Å². The van der Waals surface area contributed by atoms with Gasteiger partial charge in [-0.3, -0.25) is 0 Å². The van der Waals surface area contributed by atoms with Crippen LogP contribution in [0.5, 0.6) is 5.75 Å². The summed E-state index contributed by atoms with van der Waals surface area (Å²) in [7, 11) is 1.66. The maximum atomic E-state index is 11.5. The highest BCUT2D eigenvalue weighted by Crippen LogP contribution is 2.20. The maximum absolute atomic E-state index is 11.5. The van der Waals surface area contributed by atoms with E-state index in [0.717, 1.165) is 31.9 Å². The van der Waals surface area contributed by atoms with Gasteiger partial charge in [0, 0.05) is 18.8 Å². The molecule has 0 aliphatic carbocycles. The Bertz CT molecular complexity index is 610. The molecule has 1 saturated heterocycles. The van der Waals surface area contributed by atoms with Crippen LogP contribution in [0.1, 0.15) is 0 Å². The first kappa shape index (κ1) is 12.6. The Morgan fingerprint density at radius 2 is 1.85 bits per heavy atom. The summed E-state index contributed by atoms with van der Waals surface area (Å²) in [5, 5.41) is 8.15. The van der Waals surface area contributed by atoms with Gasteiger partial charge in [-0.25, -0.2) is 9.89 Å². The minimum Gasteiger partial charge on any atom is -0.497 e. The van der Waals surface area contributed by atoms with E-state index in [1.54, 1.807) is 7.11 Å². The lowest BCUT2D eigenvalue weighted by Crippen LogP contribution is -2.53. The number of hydrogen-bond donors (Lipinski definition) is 1. The quantitative estimate of drug-likeness (QED) is 0.856. The Labute approximate surface area is 116 Å². The second kappa shape index (κ2) is 5.28. The number of benzene rings is 1. The summed E-state index contributed by atoms with van der Waals surface area (Å²) in [5.74, 6) is 0.859. The number of ether oxygens (including phenoxy) is 1. The Hall–Kier alpha value is -2.44. The largest absolute Gasteiger partial charge is 0.497 e. The van der Waals surface area contributed by atoms with E-state index in [0.29, 0.717) is 0 Å². The van der Waals surface area contributed by atoms with E-state index >= 15 is 0 Å². The molecule has 106 valence electrons. The topological polar surface area (TPSA) is 66.4 Å². The van der Waals surface area contributed by atoms with Crippen molar-refractivity contribution in [2.45, 2.75) is 0 Å². The van der Waals surface area contributed by atoms with Crippen molar-refractivity contribution in [3.8, 4) is 5.75 Å². The number of H-pyrrole nitrogens is 1. The van der Waals surface area contributed by atoms with Crippen LogP contribution in [0.25, 0.3) is 0 Å². The van der Waals surface area contributed by atoms with Gasteiger partial charge in [0.05, 0.1) is 20.2 Å². The third-order valence-electron chi connectivity index (χ3n) is 3.53. The van der Waals surface area contributed by atoms with Gasteiger partial charge in [-0.1, -0.05) is 0 Å². The first-order valence-electron chi connectivity index (χ1n) is 6.54. The van der Waals surface area contributed by atoms with Gasteiger partial charge in [-0.2, -0.15) is 9.77 Å². The van der Waals surface area contributed by atoms with Crippen molar-refractivity contribution >= 4 is 5.69 Å². The van der Waals surface area contributed by atoms with E-state index in [1.807, 2.05) is 17.1 Å². The van der Waals surface area contributed by atoms with E-state index in [1.165, 1.54) is 16.7 Å². The first-order chi connectivity index (χ1) is 9.78. The third-order valence-corrected chi connectivity index (χ3v) is 3.53. The molecule has 2 heterocycles. The van der Waals surface area contributed by atoms with Crippen molar-refractivity contribution < 1.29 is 4.74 Å². The molecule has 7 heteroatoms. The summed E-state index contributed by atoms with van der Waals surface area (Å²) in [6, 6.07) is 8.03. The van der Waals surface area contributed by atoms with E-state index in [-0.39, 0.29) is 5.69 Å². The summed E-state index contributed by atoms with van der Waals surface area (Å²) in [6.07, 6.45) is 1.52. The lowest BCUT2D eigenvalue weighted by Gasteiger charge is -2.36. The predicted octanol–water partition coefficient (Wildman–Crippen LogP) is 0.0382. The molecule has 2 aromatic rings. The number of piperazine rings is 1.